The van der Waals surface area contributed by atoms with Gasteiger partial charge in [-0.1, -0.05) is 0 Å². The molecule has 0 unspecified atom stereocenters. The van der Waals surface area contributed by atoms with E-state index in [-0.39, 0.29) is 0 Å². The van der Waals surface area contributed by atoms with E-state index in [1.54, 1.807) is 7.11 Å². The Kier molecular flexibility index (Phi) is 4.14. The molecule has 2 aliphatic rings. The smallest absolute Gasteiger partial charge is 0.0801 e. The third kappa shape index (κ3) is 3.46. The highest BCUT2D eigenvalue weighted by Gasteiger charge is 2.29. The van der Waals surface area contributed by atoms with E-state index in [0.29, 0.717) is 5.92 Å². The molecular weight excluding hydrogens is 288 g/mol. The lowest BCUT2D eigenvalue weighted by atomic mass is 9.95. The molecule has 3 heterocycles. The summed E-state index contributed by atoms with van der Waals surface area (Å²) in [6.07, 6.45) is 8.71. The highest BCUT2D eigenvalue weighted by atomic mass is 16.5. The summed E-state index contributed by atoms with van der Waals surface area (Å²) in [6, 6.07) is 4.18. The van der Waals surface area contributed by atoms with Crippen LogP contribution in [0.5, 0.6) is 0 Å². The van der Waals surface area contributed by atoms with Crippen molar-refractivity contribution in [2.45, 2.75) is 38.4 Å². The summed E-state index contributed by atoms with van der Waals surface area (Å²) >= 11 is 0. The lowest BCUT2D eigenvalue weighted by Crippen LogP contribution is -2.34. The molecule has 0 amide bonds. The molecule has 0 radical (unpaired) electrons. The van der Waals surface area contributed by atoms with Crippen LogP contribution in [0.1, 0.15) is 35.6 Å². The molecule has 1 aliphatic carbocycles. The fourth-order valence-electron chi connectivity index (χ4n) is 3.50. The summed E-state index contributed by atoms with van der Waals surface area (Å²) in [6.45, 7) is 4.73. The SMILES string of the molecule is COC[C@H]1CN(Cc2ccncc2)Cc2nn(CC3CC3)cc21. The maximum absolute atomic E-state index is 5.47. The van der Waals surface area contributed by atoms with Crippen molar-refractivity contribution in [2.75, 3.05) is 20.3 Å². The summed E-state index contributed by atoms with van der Waals surface area (Å²) in [4.78, 5) is 6.57. The van der Waals surface area contributed by atoms with E-state index in [1.165, 1.54) is 29.7 Å². The summed E-state index contributed by atoms with van der Waals surface area (Å²) in [5, 5.41) is 4.86. The van der Waals surface area contributed by atoms with Crippen LogP contribution in [-0.2, 0) is 24.4 Å². The number of pyridine rings is 1. The average molecular weight is 312 g/mol. The summed E-state index contributed by atoms with van der Waals surface area (Å²) < 4.78 is 7.63. The van der Waals surface area contributed by atoms with Crippen molar-refractivity contribution in [2.24, 2.45) is 5.92 Å². The maximum Gasteiger partial charge on any atom is 0.0801 e. The van der Waals surface area contributed by atoms with Crippen molar-refractivity contribution in [3.8, 4) is 0 Å². The number of rotatable bonds is 6. The summed E-state index contributed by atoms with van der Waals surface area (Å²) in [7, 11) is 1.79. The number of methoxy groups -OCH3 is 1. The number of ether oxygens (including phenoxy) is 1. The van der Waals surface area contributed by atoms with Gasteiger partial charge in [-0.3, -0.25) is 14.6 Å². The third-order valence-corrected chi connectivity index (χ3v) is 4.83. The van der Waals surface area contributed by atoms with E-state index in [2.05, 4.69) is 32.9 Å². The van der Waals surface area contributed by atoms with Gasteiger partial charge in [0.2, 0.25) is 0 Å². The fraction of sp³-hybridized carbons (Fsp3) is 0.556. The van der Waals surface area contributed by atoms with Gasteiger partial charge < -0.3 is 4.74 Å². The van der Waals surface area contributed by atoms with Crippen LogP contribution in [0, 0.1) is 5.92 Å². The molecule has 2 aromatic rings. The average Bonchev–Trinajstić information content (AvgIpc) is 3.26. The van der Waals surface area contributed by atoms with Gasteiger partial charge in [-0.05, 0) is 36.5 Å². The van der Waals surface area contributed by atoms with E-state index in [0.717, 1.165) is 38.7 Å². The van der Waals surface area contributed by atoms with Gasteiger partial charge in [-0.15, -0.1) is 0 Å². The molecule has 23 heavy (non-hydrogen) atoms. The Balaban J connectivity index is 1.52. The fourth-order valence-corrected chi connectivity index (χ4v) is 3.50. The molecule has 1 fully saturated rings. The van der Waals surface area contributed by atoms with Crippen molar-refractivity contribution >= 4 is 0 Å². The molecule has 4 rings (SSSR count). The van der Waals surface area contributed by atoms with Crippen LogP contribution < -0.4 is 0 Å². The molecule has 2 aromatic heterocycles. The highest BCUT2D eigenvalue weighted by Crippen LogP contribution is 2.33. The first-order valence-electron chi connectivity index (χ1n) is 8.48. The molecule has 5 heteroatoms. The molecule has 0 spiro atoms. The van der Waals surface area contributed by atoms with Crippen LogP contribution in [0.4, 0.5) is 0 Å². The Hall–Kier alpha value is -1.72. The van der Waals surface area contributed by atoms with Gasteiger partial charge in [0.15, 0.2) is 0 Å². The van der Waals surface area contributed by atoms with E-state index in [9.17, 15) is 0 Å². The van der Waals surface area contributed by atoms with Crippen LogP contribution in [0.2, 0.25) is 0 Å². The second-order valence-corrected chi connectivity index (χ2v) is 6.87. The molecular formula is C18H24N4O. The van der Waals surface area contributed by atoms with Crippen LogP contribution in [-0.4, -0.2) is 39.9 Å². The predicted octanol–water partition coefficient (Wildman–Crippen LogP) is 2.43. The molecule has 5 nitrogen and oxygen atoms in total. The second-order valence-electron chi connectivity index (χ2n) is 6.87. The van der Waals surface area contributed by atoms with Crippen molar-refractivity contribution in [1.82, 2.24) is 19.7 Å². The van der Waals surface area contributed by atoms with Gasteiger partial charge >= 0.3 is 0 Å². The number of aromatic nitrogens is 3. The molecule has 0 saturated heterocycles. The highest BCUT2D eigenvalue weighted by molar-refractivity contribution is 5.26. The van der Waals surface area contributed by atoms with Gasteiger partial charge in [0.25, 0.3) is 0 Å². The molecule has 1 atom stereocenters. The van der Waals surface area contributed by atoms with Gasteiger partial charge in [0.05, 0.1) is 12.3 Å². The number of hydrogen-bond donors (Lipinski definition) is 0. The Labute approximate surface area is 137 Å². The molecule has 0 bridgehead atoms. The van der Waals surface area contributed by atoms with Crippen molar-refractivity contribution in [3.05, 3.63) is 47.5 Å². The zero-order chi connectivity index (χ0) is 15.6. The van der Waals surface area contributed by atoms with Gasteiger partial charge in [-0.25, -0.2) is 0 Å². The molecule has 1 saturated carbocycles. The Morgan fingerprint density at radius 3 is 2.83 bits per heavy atom. The van der Waals surface area contributed by atoms with E-state index in [4.69, 9.17) is 9.84 Å². The molecule has 0 N–H and O–H groups in total. The zero-order valence-electron chi connectivity index (χ0n) is 13.7. The van der Waals surface area contributed by atoms with Gasteiger partial charge in [-0.2, -0.15) is 5.10 Å². The summed E-state index contributed by atoms with van der Waals surface area (Å²) in [5.74, 6) is 1.27. The van der Waals surface area contributed by atoms with E-state index >= 15 is 0 Å². The number of fused-ring (bicyclic) bond motifs is 1. The minimum absolute atomic E-state index is 0.415. The zero-order valence-corrected chi connectivity index (χ0v) is 13.7. The van der Waals surface area contributed by atoms with Crippen molar-refractivity contribution < 1.29 is 4.74 Å². The van der Waals surface area contributed by atoms with Crippen LogP contribution >= 0.6 is 0 Å². The predicted molar refractivity (Wildman–Crippen MR) is 87.9 cm³/mol. The minimum Gasteiger partial charge on any atom is -0.384 e. The number of nitrogens with zero attached hydrogens (tertiary/aromatic N) is 4. The number of hydrogen-bond acceptors (Lipinski definition) is 4. The first-order chi connectivity index (χ1) is 11.3. The van der Waals surface area contributed by atoms with Crippen LogP contribution in [0.3, 0.4) is 0 Å². The largest absolute Gasteiger partial charge is 0.384 e. The minimum atomic E-state index is 0.415. The monoisotopic (exact) mass is 312 g/mol. The van der Waals surface area contributed by atoms with Crippen LogP contribution in [0.25, 0.3) is 0 Å². The lowest BCUT2D eigenvalue weighted by molar-refractivity contribution is 0.135. The maximum atomic E-state index is 5.47. The second kappa shape index (κ2) is 6.42. The first kappa shape index (κ1) is 14.8. The van der Waals surface area contributed by atoms with Crippen molar-refractivity contribution in [3.63, 3.8) is 0 Å². The Bertz CT molecular complexity index is 650. The third-order valence-electron chi connectivity index (χ3n) is 4.83. The lowest BCUT2D eigenvalue weighted by Gasteiger charge is -2.31. The quantitative estimate of drug-likeness (QED) is 0.822. The van der Waals surface area contributed by atoms with Crippen molar-refractivity contribution in [1.29, 1.82) is 0 Å². The topological polar surface area (TPSA) is 43.2 Å². The Morgan fingerprint density at radius 1 is 1.26 bits per heavy atom. The van der Waals surface area contributed by atoms with E-state index in [1.807, 2.05) is 12.4 Å². The van der Waals surface area contributed by atoms with Crippen LogP contribution in [0.15, 0.2) is 30.7 Å². The van der Waals surface area contributed by atoms with E-state index < -0.39 is 0 Å². The summed E-state index contributed by atoms with van der Waals surface area (Å²) in [5.41, 5.74) is 3.92. The van der Waals surface area contributed by atoms with Gasteiger partial charge in [0.1, 0.15) is 0 Å². The Morgan fingerprint density at radius 2 is 2.09 bits per heavy atom. The molecule has 1 aliphatic heterocycles. The first-order valence-corrected chi connectivity index (χ1v) is 8.48. The van der Waals surface area contributed by atoms with Gasteiger partial charge in [0, 0.05) is 63.4 Å². The molecule has 122 valence electrons. The normalized spacial score (nSPS) is 21.3. The standard InChI is InChI=1S/C18H24N4O/c1-23-13-16-10-21(8-15-4-6-19-7-5-15)12-18-17(16)11-22(20-18)9-14-2-3-14/h4-7,11,14,16H,2-3,8-10,12-13H2,1H3/t16-/m1/s1. The molecule has 0 aromatic carbocycles.